The molecule has 0 aromatic heterocycles. The van der Waals surface area contributed by atoms with Crippen LogP contribution in [0.2, 0.25) is 0 Å². The summed E-state index contributed by atoms with van der Waals surface area (Å²) in [6.45, 7) is 0.498. The Kier molecular flexibility index (Phi) is 4.14. The van der Waals surface area contributed by atoms with E-state index in [4.69, 9.17) is 0 Å². The Bertz CT molecular complexity index is 810. The summed E-state index contributed by atoms with van der Waals surface area (Å²) in [4.78, 5) is 23.5. The minimum Gasteiger partial charge on any atom is -0.334 e. The highest BCUT2D eigenvalue weighted by atomic mass is 16.2. The zero-order valence-corrected chi connectivity index (χ0v) is 14.0. The molecule has 128 valence electrons. The van der Waals surface area contributed by atoms with E-state index >= 15 is 0 Å². The Labute approximate surface area is 146 Å². The molecule has 3 N–H and O–H groups in total. The van der Waals surface area contributed by atoms with Gasteiger partial charge in [0.25, 0.3) is 0 Å². The van der Waals surface area contributed by atoms with E-state index in [2.05, 4.69) is 40.2 Å². The van der Waals surface area contributed by atoms with Crippen molar-refractivity contribution >= 4 is 23.3 Å². The van der Waals surface area contributed by atoms with Crippen molar-refractivity contribution < 1.29 is 9.59 Å². The van der Waals surface area contributed by atoms with E-state index in [0.29, 0.717) is 19.4 Å². The number of urea groups is 1. The molecule has 4 rings (SSSR count). The standard InChI is InChI=1S/C20H21N3O2/c24-19-10-7-16-11-17(8-9-18(16)23-19)22-20(25)21-12-13-1-3-14(4-2-13)15-5-6-15/h1-4,8-9,11,15H,5-7,10,12H2,(H,23,24)(H2,21,22,25). The quantitative estimate of drug-likeness (QED) is 0.796. The third-order valence-electron chi connectivity index (χ3n) is 4.74. The van der Waals surface area contributed by atoms with Gasteiger partial charge < -0.3 is 16.0 Å². The van der Waals surface area contributed by atoms with Crippen molar-refractivity contribution in [1.82, 2.24) is 5.32 Å². The van der Waals surface area contributed by atoms with Gasteiger partial charge in [0.1, 0.15) is 0 Å². The first-order valence-electron chi connectivity index (χ1n) is 8.74. The second-order valence-corrected chi connectivity index (χ2v) is 6.74. The highest BCUT2D eigenvalue weighted by Gasteiger charge is 2.22. The number of carbonyl (C=O) groups is 2. The van der Waals surface area contributed by atoms with Crippen LogP contribution in [0.3, 0.4) is 0 Å². The Morgan fingerprint density at radius 2 is 1.88 bits per heavy atom. The van der Waals surface area contributed by atoms with Gasteiger partial charge in [0.15, 0.2) is 0 Å². The average molecular weight is 335 g/mol. The van der Waals surface area contributed by atoms with Gasteiger partial charge in [-0.15, -0.1) is 0 Å². The largest absolute Gasteiger partial charge is 0.334 e. The van der Waals surface area contributed by atoms with Gasteiger partial charge in [-0.05, 0) is 60.1 Å². The van der Waals surface area contributed by atoms with E-state index < -0.39 is 0 Å². The van der Waals surface area contributed by atoms with Crippen LogP contribution < -0.4 is 16.0 Å². The number of fused-ring (bicyclic) bond motifs is 1. The first kappa shape index (κ1) is 15.7. The van der Waals surface area contributed by atoms with Gasteiger partial charge in [-0.3, -0.25) is 4.79 Å². The first-order chi connectivity index (χ1) is 12.2. The Morgan fingerprint density at radius 1 is 1.08 bits per heavy atom. The van der Waals surface area contributed by atoms with E-state index in [0.717, 1.165) is 28.4 Å². The fourth-order valence-electron chi connectivity index (χ4n) is 3.14. The van der Waals surface area contributed by atoms with Gasteiger partial charge in [0.2, 0.25) is 5.91 Å². The highest BCUT2D eigenvalue weighted by molar-refractivity contribution is 5.95. The smallest absolute Gasteiger partial charge is 0.319 e. The average Bonchev–Trinajstić information content (AvgIpc) is 3.46. The molecule has 0 bridgehead atoms. The molecule has 25 heavy (non-hydrogen) atoms. The van der Waals surface area contributed by atoms with Gasteiger partial charge in [-0.1, -0.05) is 24.3 Å². The minimum atomic E-state index is -0.230. The van der Waals surface area contributed by atoms with Crippen LogP contribution in [-0.2, 0) is 17.8 Å². The van der Waals surface area contributed by atoms with Crippen molar-refractivity contribution in [1.29, 1.82) is 0 Å². The maximum atomic E-state index is 12.1. The van der Waals surface area contributed by atoms with Crippen molar-refractivity contribution in [2.75, 3.05) is 10.6 Å². The fourth-order valence-corrected chi connectivity index (χ4v) is 3.14. The number of hydrogen-bond donors (Lipinski definition) is 3. The van der Waals surface area contributed by atoms with Gasteiger partial charge in [0.05, 0.1) is 0 Å². The second-order valence-electron chi connectivity index (χ2n) is 6.74. The number of anilines is 2. The van der Waals surface area contributed by atoms with Crippen LogP contribution in [0, 0.1) is 0 Å². The summed E-state index contributed by atoms with van der Waals surface area (Å²) in [6, 6.07) is 13.8. The molecule has 2 aromatic carbocycles. The van der Waals surface area contributed by atoms with Gasteiger partial charge in [-0.25, -0.2) is 4.79 Å². The topological polar surface area (TPSA) is 70.2 Å². The summed E-state index contributed by atoms with van der Waals surface area (Å²) in [7, 11) is 0. The number of benzene rings is 2. The SMILES string of the molecule is O=C1CCc2cc(NC(=O)NCc3ccc(C4CC4)cc3)ccc2N1. The maximum Gasteiger partial charge on any atom is 0.319 e. The lowest BCUT2D eigenvalue weighted by Crippen LogP contribution is -2.28. The van der Waals surface area contributed by atoms with Gasteiger partial charge in [0, 0.05) is 24.3 Å². The molecule has 2 aromatic rings. The van der Waals surface area contributed by atoms with Gasteiger partial charge in [-0.2, -0.15) is 0 Å². The van der Waals surface area contributed by atoms with Crippen molar-refractivity contribution in [3.05, 3.63) is 59.2 Å². The predicted octanol–water partition coefficient (Wildman–Crippen LogP) is 3.77. The number of rotatable bonds is 4. The Hall–Kier alpha value is -2.82. The molecule has 1 saturated carbocycles. The summed E-state index contributed by atoms with van der Waals surface area (Å²) < 4.78 is 0. The highest BCUT2D eigenvalue weighted by Crippen LogP contribution is 2.39. The molecule has 0 radical (unpaired) electrons. The summed E-state index contributed by atoms with van der Waals surface area (Å²) in [5, 5.41) is 8.57. The summed E-state index contributed by atoms with van der Waals surface area (Å²) in [5.74, 6) is 0.790. The zero-order valence-electron chi connectivity index (χ0n) is 14.0. The third kappa shape index (κ3) is 3.82. The molecule has 0 unspecified atom stereocenters. The normalized spacial score (nSPS) is 15.9. The fraction of sp³-hybridized carbons (Fsp3) is 0.300. The van der Waals surface area contributed by atoms with Crippen LogP contribution in [0.15, 0.2) is 42.5 Å². The van der Waals surface area contributed by atoms with Crippen molar-refractivity contribution in [3.63, 3.8) is 0 Å². The molecule has 2 aliphatic rings. The van der Waals surface area contributed by atoms with Crippen molar-refractivity contribution in [3.8, 4) is 0 Å². The minimum absolute atomic E-state index is 0.0404. The lowest BCUT2D eigenvalue weighted by molar-refractivity contribution is -0.116. The molecule has 0 atom stereocenters. The predicted molar refractivity (Wildman–Crippen MR) is 97.7 cm³/mol. The van der Waals surface area contributed by atoms with Crippen molar-refractivity contribution in [2.45, 2.75) is 38.1 Å². The summed E-state index contributed by atoms with van der Waals surface area (Å²) >= 11 is 0. The third-order valence-corrected chi connectivity index (χ3v) is 4.74. The molecule has 1 fully saturated rings. The van der Waals surface area contributed by atoms with Crippen LogP contribution in [0.1, 0.15) is 41.9 Å². The van der Waals surface area contributed by atoms with Crippen LogP contribution in [0.4, 0.5) is 16.2 Å². The van der Waals surface area contributed by atoms with E-state index in [1.807, 2.05) is 12.1 Å². The molecule has 5 nitrogen and oxygen atoms in total. The first-order valence-corrected chi connectivity index (χ1v) is 8.74. The van der Waals surface area contributed by atoms with Crippen LogP contribution >= 0.6 is 0 Å². The molecule has 1 aliphatic carbocycles. The van der Waals surface area contributed by atoms with E-state index in [1.54, 1.807) is 6.07 Å². The zero-order chi connectivity index (χ0) is 17.2. The molecular weight excluding hydrogens is 314 g/mol. The molecule has 3 amide bonds. The van der Waals surface area contributed by atoms with E-state index in [-0.39, 0.29) is 11.9 Å². The maximum absolute atomic E-state index is 12.1. The molecule has 1 aliphatic heterocycles. The van der Waals surface area contributed by atoms with Crippen LogP contribution in [0.5, 0.6) is 0 Å². The van der Waals surface area contributed by atoms with Crippen molar-refractivity contribution in [2.24, 2.45) is 0 Å². The molecule has 1 heterocycles. The summed E-state index contributed by atoms with van der Waals surface area (Å²) in [6.07, 6.45) is 3.78. The second kappa shape index (κ2) is 6.59. The van der Waals surface area contributed by atoms with E-state index in [1.165, 1.54) is 18.4 Å². The molecule has 5 heteroatoms. The van der Waals surface area contributed by atoms with Gasteiger partial charge >= 0.3 is 6.03 Å². The molecular formula is C20H21N3O2. The lowest BCUT2D eigenvalue weighted by Gasteiger charge is -2.17. The number of carbonyl (C=O) groups excluding carboxylic acids is 2. The number of nitrogens with one attached hydrogen (secondary N) is 3. The molecule has 0 saturated heterocycles. The molecule has 0 spiro atoms. The Morgan fingerprint density at radius 3 is 2.64 bits per heavy atom. The number of aryl methyl sites for hydroxylation is 1. The van der Waals surface area contributed by atoms with Crippen LogP contribution in [-0.4, -0.2) is 11.9 Å². The van der Waals surface area contributed by atoms with E-state index in [9.17, 15) is 9.59 Å². The number of hydrogen-bond acceptors (Lipinski definition) is 2. The monoisotopic (exact) mass is 335 g/mol. The number of amides is 3. The Balaban J connectivity index is 1.32. The summed E-state index contributed by atoms with van der Waals surface area (Å²) in [5.41, 5.74) is 5.10. The lowest BCUT2D eigenvalue weighted by atomic mass is 10.0. The van der Waals surface area contributed by atoms with Crippen LogP contribution in [0.25, 0.3) is 0 Å².